The van der Waals surface area contributed by atoms with Gasteiger partial charge in [0.05, 0.1) is 11.9 Å². The van der Waals surface area contributed by atoms with Crippen molar-refractivity contribution < 1.29 is 4.39 Å². The maximum Gasteiger partial charge on any atom is 0.0969 e. The van der Waals surface area contributed by atoms with Crippen molar-refractivity contribution in [3.05, 3.63) is 23.6 Å². The van der Waals surface area contributed by atoms with Gasteiger partial charge in [-0.05, 0) is 26.0 Å². The zero-order valence-corrected chi connectivity index (χ0v) is 5.48. The summed E-state index contributed by atoms with van der Waals surface area (Å²) in [5.74, 6) is -0.287. The van der Waals surface area contributed by atoms with Crippen LogP contribution in [0.4, 0.5) is 4.39 Å². The van der Waals surface area contributed by atoms with E-state index in [-0.39, 0.29) is 5.83 Å². The van der Waals surface area contributed by atoms with Crippen molar-refractivity contribution in [3.63, 3.8) is 0 Å². The Bertz CT molecular complexity index is 180. The van der Waals surface area contributed by atoms with Gasteiger partial charge in [-0.2, -0.15) is 5.26 Å². The van der Waals surface area contributed by atoms with E-state index in [1.807, 2.05) is 6.07 Å². The Morgan fingerprint density at radius 2 is 2.00 bits per heavy atom. The Morgan fingerprint density at radius 3 is 2.33 bits per heavy atom. The molecule has 9 heavy (non-hydrogen) atoms. The molecule has 0 saturated carbocycles. The standard InChI is InChI=1S/C7H8FN/c1-6(5-9)3-4-7(2)8/h3-4H,1-2H3/b6-3+,7-4+. The molecule has 0 aliphatic carbocycles. The molecule has 0 saturated heterocycles. The predicted molar refractivity (Wildman–Crippen MR) is 34.2 cm³/mol. The van der Waals surface area contributed by atoms with Crippen molar-refractivity contribution in [2.45, 2.75) is 13.8 Å². The zero-order chi connectivity index (χ0) is 7.28. The van der Waals surface area contributed by atoms with Crippen molar-refractivity contribution >= 4 is 0 Å². The third-order valence-electron chi connectivity index (χ3n) is 0.739. The minimum absolute atomic E-state index is 0.287. The molecule has 0 unspecified atom stereocenters. The molecule has 0 N–H and O–H groups in total. The molecule has 0 aliphatic rings. The van der Waals surface area contributed by atoms with E-state index in [9.17, 15) is 4.39 Å². The molecule has 0 aromatic rings. The van der Waals surface area contributed by atoms with Crippen molar-refractivity contribution in [1.29, 1.82) is 5.26 Å². The van der Waals surface area contributed by atoms with Gasteiger partial charge in [-0.15, -0.1) is 0 Å². The summed E-state index contributed by atoms with van der Waals surface area (Å²) in [5.41, 5.74) is 0.506. The normalized spacial score (nSPS) is 13.1. The smallest absolute Gasteiger partial charge is 0.0969 e. The van der Waals surface area contributed by atoms with E-state index < -0.39 is 0 Å². The van der Waals surface area contributed by atoms with Crippen molar-refractivity contribution in [2.75, 3.05) is 0 Å². The molecule has 0 aromatic carbocycles. The summed E-state index contributed by atoms with van der Waals surface area (Å²) in [4.78, 5) is 0. The average molecular weight is 125 g/mol. The predicted octanol–water partition coefficient (Wildman–Crippen LogP) is 2.33. The lowest BCUT2D eigenvalue weighted by atomic mass is 10.3. The molecule has 0 rings (SSSR count). The first kappa shape index (κ1) is 7.90. The van der Waals surface area contributed by atoms with Gasteiger partial charge in [-0.1, -0.05) is 0 Å². The van der Waals surface area contributed by atoms with Gasteiger partial charge in [0, 0.05) is 5.57 Å². The van der Waals surface area contributed by atoms with Crippen molar-refractivity contribution in [3.8, 4) is 6.07 Å². The second kappa shape index (κ2) is 3.85. The lowest BCUT2D eigenvalue weighted by Crippen LogP contribution is -1.64. The van der Waals surface area contributed by atoms with Gasteiger partial charge in [-0.3, -0.25) is 0 Å². The maximum atomic E-state index is 11.9. The van der Waals surface area contributed by atoms with Crippen molar-refractivity contribution in [1.82, 2.24) is 0 Å². The van der Waals surface area contributed by atoms with Crippen molar-refractivity contribution in [2.24, 2.45) is 0 Å². The number of halogens is 1. The molecule has 0 radical (unpaired) electrons. The Labute approximate surface area is 54.1 Å². The topological polar surface area (TPSA) is 23.8 Å². The maximum absolute atomic E-state index is 11.9. The number of nitrogens with zero attached hydrogens (tertiary/aromatic N) is 1. The fourth-order valence-electron chi connectivity index (χ4n) is 0.277. The largest absolute Gasteiger partial charge is 0.212 e. The van der Waals surface area contributed by atoms with Gasteiger partial charge in [0.25, 0.3) is 0 Å². The number of hydrogen-bond donors (Lipinski definition) is 0. The van der Waals surface area contributed by atoms with E-state index >= 15 is 0 Å². The van der Waals surface area contributed by atoms with E-state index in [1.54, 1.807) is 6.92 Å². The van der Waals surface area contributed by atoms with Crippen LogP contribution in [0, 0.1) is 11.3 Å². The molecule has 1 nitrogen and oxygen atoms in total. The number of allylic oxidation sites excluding steroid dienone is 4. The number of hydrogen-bond acceptors (Lipinski definition) is 1. The lowest BCUT2D eigenvalue weighted by Gasteiger charge is -1.79. The van der Waals surface area contributed by atoms with Crippen LogP contribution in [-0.2, 0) is 0 Å². The fourth-order valence-corrected chi connectivity index (χ4v) is 0.277. The highest BCUT2D eigenvalue weighted by atomic mass is 19.1. The van der Waals surface area contributed by atoms with Crippen LogP contribution in [0.25, 0.3) is 0 Å². The zero-order valence-electron chi connectivity index (χ0n) is 5.48. The van der Waals surface area contributed by atoms with Crippen LogP contribution in [0.3, 0.4) is 0 Å². The van der Waals surface area contributed by atoms with Gasteiger partial charge in [0.15, 0.2) is 0 Å². The quantitative estimate of drug-likeness (QED) is 0.389. The van der Waals surface area contributed by atoms with Gasteiger partial charge >= 0.3 is 0 Å². The number of nitriles is 1. The van der Waals surface area contributed by atoms with Crippen LogP contribution in [0.5, 0.6) is 0 Å². The first-order chi connectivity index (χ1) is 4.16. The fraction of sp³-hybridized carbons (Fsp3) is 0.286. The summed E-state index contributed by atoms with van der Waals surface area (Å²) >= 11 is 0. The van der Waals surface area contributed by atoms with Crippen LogP contribution < -0.4 is 0 Å². The Balaban J connectivity index is 4.03. The van der Waals surface area contributed by atoms with Crippen LogP contribution in [0.1, 0.15) is 13.8 Å². The molecule has 0 bridgehead atoms. The summed E-state index contributed by atoms with van der Waals surface area (Å²) in [6.45, 7) is 2.96. The van der Waals surface area contributed by atoms with E-state index in [0.29, 0.717) is 5.57 Å². The van der Waals surface area contributed by atoms with E-state index in [1.165, 1.54) is 19.1 Å². The van der Waals surface area contributed by atoms with Crippen LogP contribution in [-0.4, -0.2) is 0 Å². The highest BCUT2D eigenvalue weighted by Crippen LogP contribution is 1.96. The SMILES string of the molecule is C/C(F)=C\C=C(/C)C#N. The Morgan fingerprint density at radius 1 is 1.44 bits per heavy atom. The van der Waals surface area contributed by atoms with Gasteiger partial charge in [-0.25, -0.2) is 4.39 Å². The average Bonchev–Trinajstić information content (AvgIpc) is 1.83. The highest BCUT2D eigenvalue weighted by molar-refractivity contribution is 5.23. The summed E-state index contributed by atoms with van der Waals surface area (Å²) in [6, 6.07) is 1.87. The number of rotatable bonds is 1. The van der Waals surface area contributed by atoms with E-state index in [2.05, 4.69) is 0 Å². The monoisotopic (exact) mass is 125 g/mol. The summed E-state index contributed by atoms with van der Waals surface area (Å²) in [5, 5.41) is 8.18. The molecule has 0 aromatic heterocycles. The third-order valence-corrected chi connectivity index (χ3v) is 0.739. The molecule has 0 atom stereocenters. The Hall–Kier alpha value is -1.10. The first-order valence-corrected chi connectivity index (χ1v) is 2.57. The molecule has 2 heteroatoms. The minimum atomic E-state index is -0.287. The van der Waals surface area contributed by atoms with Crippen LogP contribution in [0.2, 0.25) is 0 Å². The molecular weight excluding hydrogens is 117 g/mol. The van der Waals surface area contributed by atoms with Gasteiger partial charge < -0.3 is 0 Å². The van der Waals surface area contributed by atoms with Gasteiger partial charge in [0.2, 0.25) is 0 Å². The molecule has 0 aliphatic heterocycles. The summed E-state index contributed by atoms with van der Waals surface area (Å²) in [7, 11) is 0. The summed E-state index contributed by atoms with van der Waals surface area (Å²) in [6.07, 6.45) is 2.70. The molecule has 0 fully saturated rings. The molecule has 48 valence electrons. The second-order valence-electron chi connectivity index (χ2n) is 1.71. The highest BCUT2D eigenvalue weighted by Gasteiger charge is 1.80. The van der Waals surface area contributed by atoms with Crippen LogP contribution in [0.15, 0.2) is 23.6 Å². The lowest BCUT2D eigenvalue weighted by molar-refractivity contribution is 0.640. The van der Waals surface area contributed by atoms with Crippen LogP contribution >= 0.6 is 0 Å². The molecular formula is C7H8FN. The third kappa shape index (κ3) is 4.76. The second-order valence-corrected chi connectivity index (χ2v) is 1.71. The van der Waals surface area contributed by atoms with E-state index in [0.717, 1.165) is 0 Å². The first-order valence-electron chi connectivity index (χ1n) is 2.57. The van der Waals surface area contributed by atoms with E-state index in [4.69, 9.17) is 5.26 Å². The molecule has 0 heterocycles. The minimum Gasteiger partial charge on any atom is -0.212 e. The van der Waals surface area contributed by atoms with Gasteiger partial charge in [0.1, 0.15) is 0 Å². The molecule has 0 spiro atoms. The Kier molecular flexibility index (Phi) is 3.38. The molecule has 0 amide bonds. The summed E-state index contributed by atoms with van der Waals surface area (Å²) < 4.78 is 11.9.